The molecule has 3 aromatic carbocycles. The van der Waals surface area contributed by atoms with Crippen molar-refractivity contribution in [2.45, 2.75) is 25.7 Å². The average Bonchev–Trinajstić information content (AvgIpc) is 2.74. The average molecular weight is 535 g/mol. The Balaban J connectivity index is 1.70. The molecule has 0 aliphatic rings. The molecule has 0 saturated carbocycles. The van der Waals surface area contributed by atoms with Gasteiger partial charge in [-0.05, 0) is 92.6 Å². The van der Waals surface area contributed by atoms with Gasteiger partial charge in [0.2, 0.25) is 0 Å². The number of ether oxygens (including phenoxy) is 1. The van der Waals surface area contributed by atoms with E-state index in [0.717, 1.165) is 16.9 Å². The van der Waals surface area contributed by atoms with Crippen LogP contribution >= 0.6 is 28.1 Å². The maximum atomic E-state index is 12.9. The fraction of sp³-hybridized carbons (Fsp3) is 0.174. The molecule has 3 N–H and O–H groups in total. The molecule has 0 atom stereocenters. The number of thiocarbonyl (C=S) groups is 1. The number of aryl methyl sites for hydroxylation is 1. The molecule has 3 rings (SSSR count). The van der Waals surface area contributed by atoms with Crippen LogP contribution in [0.4, 0.5) is 17.1 Å². The van der Waals surface area contributed by atoms with Gasteiger partial charge in [-0.15, -0.1) is 0 Å². The van der Waals surface area contributed by atoms with E-state index in [1.807, 2.05) is 32.0 Å². The van der Waals surface area contributed by atoms with Crippen molar-refractivity contribution in [2.24, 2.45) is 0 Å². The lowest BCUT2D eigenvalue weighted by atomic mass is 10.1. The van der Waals surface area contributed by atoms with Crippen LogP contribution in [0.5, 0.6) is 5.75 Å². The number of nitrogens with one attached hydrogen (secondary N) is 3. The molecule has 6 nitrogen and oxygen atoms in total. The van der Waals surface area contributed by atoms with Gasteiger partial charge in [-0.25, -0.2) is 8.42 Å². The molecule has 32 heavy (non-hydrogen) atoms. The maximum absolute atomic E-state index is 12.9. The lowest BCUT2D eigenvalue weighted by molar-refractivity contribution is 0.331. The van der Waals surface area contributed by atoms with E-state index in [1.54, 1.807) is 43.3 Å². The predicted octanol–water partition coefficient (Wildman–Crippen LogP) is 6.07. The van der Waals surface area contributed by atoms with Crippen LogP contribution in [0, 0.1) is 13.8 Å². The van der Waals surface area contributed by atoms with E-state index in [9.17, 15) is 8.42 Å². The Labute approximate surface area is 202 Å². The van der Waals surface area contributed by atoms with Gasteiger partial charge < -0.3 is 15.4 Å². The van der Waals surface area contributed by atoms with Crippen molar-refractivity contribution in [3.8, 4) is 5.75 Å². The molecular weight excluding hydrogens is 510 g/mol. The summed E-state index contributed by atoms with van der Waals surface area (Å²) in [5.74, 6) is 0.296. The monoisotopic (exact) mass is 533 g/mol. The van der Waals surface area contributed by atoms with Crippen LogP contribution < -0.4 is 20.1 Å². The van der Waals surface area contributed by atoms with E-state index < -0.39 is 10.0 Å². The quantitative estimate of drug-likeness (QED) is 0.319. The standard InChI is InChI=1S/C23H24BrN3O3S2/c1-4-30-21-13-8-17(24)14-22(21)32(28,29)27-19-11-9-18(10-12-19)25-23(31)26-20-7-5-6-15(2)16(20)3/h5-14,27H,4H2,1-3H3,(H2,25,26,31). The molecule has 3 aromatic rings. The first-order valence-corrected chi connectivity index (χ1v) is 12.6. The normalized spacial score (nSPS) is 11.0. The number of halogens is 1. The van der Waals surface area contributed by atoms with Crippen molar-refractivity contribution < 1.29 is 13.2 Å². The van der Waals surface area contributed by atoms with Crippen molar-refractivity contribution in [2.75, 3.05) is 22.0 Å². The number of benzene rings is 3. The van der Waals surface area contributed by atoms with Gasteiger partial charge >= 0.3 is 0 Å². The molecule has 0 fully saturated rings. The summed E-state index contributed by atoms with van der Waals surface area (Å²) in [5.41, 5.74) is 4.39. The molecule has 0 amide bonds. The molecule has 0 aliphatic carbocycles. The van der Waals surface area contributed by atoms with Gasteiger partial charge in [-0.2, -0.15) is 0 Å². The minimum atomic E-state index is -3.84. The minimum absolute atomic E-state index is 0.0647. The van der Waals surface area contributed by atoms with Crippen LogP contribution in [0.25, 0.3) is 0 Å². The second-order valence-corrected chi connectivity index (χ2v) is 10.0. The van der Waals surface area contributed by atoms with E-state index in [-0.39, 0.29) is 4.90 Å². The number of hydrogen-bond acceptors (Lipinski definition) is 4. The molecule has 0 spiro atoms. The third-order valence-electron chi connectivity index (χ3n) is 4.74. The summed E-state index contributed by atoms with van der Waals surface area (Å²) in [5, 5.41) is 6.74. The molecule has 168 valence electrons. The fourth-order valence-electron chi connectivity index (χ4n) is 2.97. The topological polar surface area (TPSA) is 79.5 Å². The predicted molar refractivity (Wildman–Crippen MR) is 138 cm³/mol. The van der Waals surface area contributed by atoms with E-state index in [1.165, 1.54) is 11.6 Å². The van der Waals surface area contributed by atoms with E-state index in [2.05, 4.69) is 31.3 Å². The number of hydrogen-bond donors (Lipinski definition) is 3. The van der Waals surface area contributed by atoms with Gasteiger partial charge in [0.1, 0.15) is 10.6 Å². The molecule has 0 radical (unpaired) electrons. The Kier molecular flexibility index (Phi) is 7.76. The Hall–Kier alpha value is -2.62. The highest BCUT2D eigenvalue weighted by atomic mass is 79.9. The molecule has 0 heterocycles. The Morgan fingerprint density at radius 3 is 2.38 bits per heavy atom. The van der Waals surface area contributed by atoms with E-state index >= 15 is 0 Å². The summed E-state index contributed by atoms with van der Waals surface area (Å²) in [7, 11) is -3.84. The number of sulfonamides is 1. The van der Waals surface area contributed by atoms with Gasteiger partial charge in [0.15, 0.2) is 5.11 Å². The zero-order valence-corrected chi connectivity index (χ0v) is 21.1. The number of rotatable bonds is 7. The summed E-state index contributed by atoms with van der Waals surface area (Å²) in [6, 6.07) is 17.7. The minimum Gasteiger partial charge on any atom is -0.492 e. The van der Waals surface area contributed by atoms with Crippen molar-refractivity contribution in [3.63, 3.8) is 0 Å². The van der Waals surface area contributed by atoms with Gasteiger partial charge in [-0.3, -0.25) is 4.72 Å². The van der Waals surface area contributed by atoms with Gasteiger partial charge in [-0.1, -0.05) is 28.1 Å². The summed E-state index contributed by atoms with van der Waals surface area (Å²) in [6.07, 6.45) is 0. The van der Waals surface area contributed by atoms with Crippen LogP contribution in [0.3, 0.4) is 0 Å². The van der Waals surface area contributed by atoms with Crippen LogP contribution in [-0.2, 0) is 10.0 Å². The third kappa shape index (κ3) is 5.99. The first-order chi connectivity index (χ1) is 15.2. The largest absolute Gasteiger partial charge is 0.492 e. The molecule has 9 heteroatoms. The van der Waals surface area contributed by atoms with E-state index in [4.69, 9.17) is 17.0 Å². The maximum Gasteiger partial charge on any atom is 0.265 e. The van der Waals surface area contributed by atoms with Crippen molar-refractivity contribution in [3.05, 3.63) is 76.3 Å². The second-order valence-electron chi connectivity index (χ2n) is 7.03. The van der Waals surface area contributed by atoms with Crippen molar-refractivity contribution in [1.82, 2.24) is 0 Å². The summed E-state index contributed by atoms with van der Waals surface area (Å²) >= 11 is 8.72. The van der Waals surface area contributed by atoms with Gasteiger partial charge in [0.25, 0.3) is 10.0 Å². The van der Waals surface area contributed by atoms with Crippen LogP contribution in [-0.4, -0.2) is 20.1 Å². The van der Waals surface area contributed by atoms with Crippen molar-refractivity contribution in [1.29, 1.82) is 0 Å². The summed E-state index contributed by atoms with van der Waals surface area (Å²) in [4.78, 5) is 0.0647. The molecule has 0 bridgehead atoms. The highest BCUT2D eigenvalue weighted by Gasteiger charge is 2.20. The van der Waals surface area contributed by atoms with Gasteiger partial charge in [0.05, 0.1) is 6.61 Å². The van der Waals surface area contributed by atoms with Crippen LogP contribution in [0.1, 0.15) is 18.1 Å². The highest BCUT2D eigenvalue weighted by Crippen LogP contribution is 2.29. The fourth-order valence-corrected chi connectivity index (χ4v) is 4.94. The SMILES string of the molecule is CCOc1ccc(Br)cc1S(=O)(=O)Nc1ccc(NC(=S)Nc2cccc(C)c2C)cc1. The Bertz CT molecular complexity index is 1230. The molecule has 0 aliphatic heterocycles. The summed E-state index contributed by atoms with van der Waals surface area (Å²) in [6.45, 7) is 6.24. The second kappa shape index (κ2) is 10.3. The van der Waals surface area contributed by atoms with E-state index in [0.29, 0.717) is 27.6 Å². The van der Waals surface area contributed by atoms with Crippen molar-refractivity contribution >= 4 is 60.3 Å². The van der Waals surface area contributed by atoms with Gasteiger partial charge in [0, 0.05) is 21.5 Å². The van der Waals surface area contributed by atoms with Crippen LogP contribution in [0.15, 0.2) is 70.0 Å². The lowest BCUT2D eigenvalue weighted by Gasteiger charge is -2.15. The molecule has 0 unspecified atom stereocenters. The first kappa shape index (κ1) is 24.0. The smallest absolute Gasteiger partial charge is 0.265 e. The molecule has 0 aromatic heterocycles. The highest BCUT2D eigenvalue weighted by molar-refractivity contribution is 9.10. The molecular formula is C23H24BrN3O3S2. The zero-order chi connectivity index (χ0) is 23.3. The summed E-state index contributed by atoms with van der Waals surface area (Å²) < 4.78 is 34.5. The lowest BCUT2D eigenvalue weighted by Crippen LogP contribution is -2.20. The Morgan fingerprint density at radius 1 is 1.00 bits per heavy atom. The first-order valence-electron chi connectivity index (χ1n) is 9.89. The molecule has 0 saturated heterocycles. The third-order valence-corrected chi connectivity index (χ3v) is 6.84. The number of anilines is 3. The Morgan fingerprint density at radius 2 is 1.69 bits per heavy atom. The van der Waals surface area contributed by atoms with Crippen LogP contribution in [0.2, 0.25) is 0 Å². The zero-order valence-electron chi connectivity index (χ0n) is 17.9.